The van der Waals surface area contributed by atoms with Crippen molar-refractivity contribution in [3.63, 3.8) is 0 Å². The van der Waals surface area contributed by atoms with E-state index in [1.54, 1.807) is 0 Å². The second kappa shape index (κ2) is 4.46. The Kier molecular flexibility index (Phi) is 3.54. The highest BCUT2D eigenvalue weighted by atomic mass is 16.1. The van der Waals surface area contributed by atoms with E-state index in [9.17, 15) is 4.79 Å². The summed E-state index contributed by atoms with van der Waals surface area (Å²) in [5.74, 6) is 6.49. The van der Waals surface area contributed by atoms with Gasteiger partial charge in [-0.15, -0.1) is 11.8 Å². The summed E-state index contributed by atoms with van der Waals surface area (Å²) in [5.41, 5.74) is -0.0378. The smallest absolute Gasteiger partial charge is 0.126 e. The average molecular weight is 178 g/mol. The lowest BCUT2D eigenvalue weighted by atomic mass is 9.76. The van der Waals surface area contributed by atoms with Gasteiger partial charge in [0, 0.05) is 11.8 Å². The van der Waals surface area contributed by atoms with Gasteiger partial charge < -0.3 is 4.79 Å². The van der Waals surface area contributed by atoms with Crippen molar-refractivity contribution in [1.82, 2.24) is 0 Å². The number of carbonyl (C=O) groups excluding carboxylic acids is 1. The van der Waals surface area contributed by atoms with E-state index < -0.39 is 0 Å². The molecule has 0 aromatic carbocycles. The van der Waals surface area contributed by atoms with Gasteiger partial charge in [0.15, 0.2) is 0 Å². The fourth-order valence-electron chi connectivity index (χ4n) is 2.30. The Bertz CT molecular complexity index is 233. The summed E-state index contributed by atoms with van der Waals surface area (Å²) in [5, 5.41) is 0. The minimum absolute atomic E-state index is 0.0378. The van der Waals surface area contributed by atoms with Gasteiger partial charge in [0.05, 0.1) is 0 Å². The van der Waals surface area contributed by atoms with Crippen LogP contribution in [-0.2, 0) is 4.79 Å². The summed E-state index contributed by atoms with van der Waals surface area (Å²) in [6.07, 6.45) is 6.50. The molecule has 0 aliphatic heterocycles. The maximum Gasteiger partial charge on any atom is 0.126 e. The highest BCUT2D eigenvalue weighted by molar-refractivity contribution is 5.60. The summed E-state index contributed by atoms with van der Waals surface area (Å²) >= 11 is 0. The number of aldehydes is 1. The van der Waals surface area contributed by atoms with Crippen LogP contribution in [-0.4, -0.2) is 6.29 Å². The molecule has 1 saturated carbocycles. The minimum atomic E-state index is -0.0378. The molecular formula is C12H18O. The predicted octanol–water partition coefficient (Wildman–Crippen LogP) is 2.80. The molecule has 1 aliphatic carbocycles. The van der Waals surface area contributed by atoms with Crippen LogP contribution in [0.25, 0.3) is 0 Å². The molecule has 72 valence electrons. The summed E-state index contributed by atoms with van der Waals surface area (Å²) in [6, 6.07) is 0. The summed E-state index contributed by atoms with van der Waals surface area (Å²) < 4.78 is 0. The largest absolute Gasteiger partial charge is 0.303 e. The van der Waals surface area contributed by atoms with Gasteiger partial charge >= 0.3 is 0 Å². The molecule has 0 radical (unpaired) electrons. The molecule has 1 rings (SSSR count). The molecule has 13 heavy (non-hydrogen) atoms. The Morgan fingerprint density at radius 3 is 2.85 bits per heavy atom. The fraction of sp³-hybridized carbons (Fsp3) is 0.750. The van der Waals surface area contributed by atoms with Gasteiger partial charge in [0.25, 0.3) is 0 Å². The molecule has 2 unspecified atom stereocenters. The van der Waals surface area contributed by atoms with Crippen LogP contribution >= 0.6 is 0 Å². The summed E-state index contributed by atoms with van der Waals surface area (Å²) in [4.78, 5) is 11.1. The van der Waals surface area contributed by atoms with Crippen LogP contribution in [0.15, 0.2) is 0 Å². The summed E-state index contributed by atoms with van der Waals surface area (Å²) in [6.45, 7) is 4.05. The highest BCUT2D eigenvalue weighted by Gasteiger charge is 2.39. The van der Waals surface area contributed by atoms with Crippen LogP contribution in [0.5, 0.6) is 0 Å². The summed E-state index contributed by atoms with van der Waals surface area (Å²) in [7, 11) is 0. The molecule has 0 amide bonds. The molecule has 0 aromatic rings. The maximum absolute atomic E-state index is 11.1. The van der Waals surface area contributed by atoms with Gasteiger partial charge in [0.1, 0.15) is 6.29 Å². The number of carbonyl (C=O) groups is 1. The average Bonchev–Trinajstić information content (AvgIpc) is 2.49. The Hall–Kier alpha value is -0.770. The molecule has 1 aliphatic rings. The Morgan fingerprint density at radius 2 is 2.38 bits per heavy atom. The number of hydrogen-bond acceptors (Lipinski definition) is 1. The zero-order chi connectivity index (χ0) is 9.73. The van der Waals surface area contributed by atoms with Crippen molar-refractivity contribution >= 4 is 6.29 Å². The molecule has 1 nitrogen and oxygen atoms in total. The minimum Gasteiger partial charge on any atom is -0.303 e. The number of hydrogen-bond donors (Lipinski definition) is 0. The van der Waals surface area contributed by atoms with Crippen LogP contribution in [0.3, 0.4) is 0 Å². The van der Waals surface area contributed by atoms with Crippen LogP contribution in [0.2, 0.25) is 0 Å². The third-order valence-corrected chi connectivity index (χ3v) is 3.39. The van der Waals surface area contributed by atoms with Crippen molar-refractivity contribution in [3.05, 3.63) is 0 Å². The van der Waals surface area contributed by atoms with Crippen molar-refractivity contribution in [2.45, 2.75) is 46.0 Å². The molecule has 0 spiro atoms. The van der Waals surface area contributed by atoms with Crippen LogP contribution in [0.1, 0.15) is 46.0 Å². The Morgan fingerprint density at radius 1 is 1.62 bits per heavy atom. The first kappa shape index (κ1) is 10.3. The third kappa shape index (κ3) is 2.12. The third-order valence-electron chi connectivity index (χ3n) is 3.39. The standard InChI is InChI=1S/C12H18O/c1-3-4-5-8-12(10-13)9-6-7-11(12)2/h10-11H,5-9H2,1-2H3. The van der Waals surface area contributed by atoms with E-state index in [-0.39, 0.29) is 5.41 Å². The van der Waals surface area contributed by atoms with Gasteiger partial charge in [-0.2, -0.15) is 0 Å². The monoisotopic (exact) mass is 178 g/mol. The van der Waals surface area contributed by atoms with Crippen molar-refractivity contribution in [2.75, 3.05) is 0 Å². The normalized spacial score (nSPS) is 32.3. The molecule has 0 bridgehead atoms. The van der Waals surface area contributed by atoms with E-state index in [0.29, 0.717) is 5.92 Å². The topological polar surface area (TPSA) is 17.1 Å². The van der Waals surface area contributed by atoms with Gasteiger partial charge in [-0.05, 0) is 32.1 Å². The molecule has 0 heterocycles. The second-order valence-corrected chi connectivity index (χ2v) is 4.07. The predicted molar refractivity (Wildman–Crippen MR) is 54.2 cm³/mol. The SMILES string of the molecule is CC#CCCC1(C=O)CCCC1C. The molecule has 0 saturated heterocycles. The quantitative estimate of drug-likeness (QED) is 0.480. The van der Waals surface area contributed by atoms with Gasteiger partial charge in [-0.3, -0.25) is 0 Å². The second-order valence-electron chi connectivity index (χ2n) is 4.07. The number of rotatable bonds is 3. The molecule has 1 heteroatoms. The van der Waals surface area contributed by atoms with Gasteiger partial charge in [0.2, 0.25) is 0 Å². The molecule has 2 atom stereocenters. The highest BCUT2D eigenvalue weighted by Crippen LogP contribution is 2.44. The zero-order valence-electron chi connectivity index (χ0n) is 8.60. The zero-order valence-corrected chi connectivity index (χ0v) is 8.60. The van der Waals surface area contributed by atoms with E-state index in [2.05, 4.69) is 18.8 Å². The fourth-order valence-corrected chi connectivity index (χ4v) is 2.30. The van der Waals surface area contributed by atoms with Crippen LogP contribution in [0, 0.1) is 23.2 Å². The van der Waals surface area contributed by atoms with Crippen LogP contribution in [0.4, 0.5) is 0 Å². The first-order valence-corrected chi connectivity index (χ1v) is 5.11. The first-order chi connectivity index (χ1) is 6.25. The van der Waals surface area contributed by atoms with Gasteiger partial charge in [-0.1, -0.05) is 13.3 Å². The maximum atomic E-state index is 11.1. The van der Waals surface area contributed by atoms with Crippen molar-refractivity contribution in [3.8, 4) is 11.8 Å². The van der Waals surface area contributed by atoms with E-state index in [1.807, 2.05) is 6.92 Å². The van der Waals surface area contributed by atoms with E-state index in [1.165, 1.54) is 19.1 Å². The van der Waals surface area contributed by atoms with E-state index in [4.69, 9.17) is 0 Å². The van der Waals surface area contributed by atoms with Crippen molar-refractivity contribution in [2.24, 2.45) is 11.3 Å². The first-order valence-electron chi connectivity index (χ1n) is 5.11. The lowest BCUT2D eigenvalue weighted by Crippen LogP contribution is -2.25. The molecule has 0 N–H and O–H groups in total. The van der Waals surface area contributed by atoms with Gasteiger partial charge in [-0.25, -0.2) is 0 Å². The van der Waals surface area contributed by atoms with E-state index >= 15 is 0 Å². The lowest BCUT2D eigenvalue weighted by Gasteiger charge is -2.26. The molecular weight excluding hydrogens is 160 g/mol. The van der Waals surface area contributed by atoms with Crippen molar-refractivity contribution < 1.29 is 4.79 Å². The lowest BCUT2D eigenvalue weighted by molar-refractivity contribution is -0.118. The van der Waals surface area contributed by atoms with Crippen molar-refractivity contribution in [1.29, 1.82) is 0 Å². The molecule has 0 aromatic heterocycles. The Balaban J connectivity index is 2.57. The van der Waals surface area contributed by atoms with Crippen LogP contribution < -0.4 is 0 Å². The van der Waals surface area contributed by atoms with E-state index in [0.717, 1.165) is 19.3 Å². The Labute approximate surface area is 80.9 Å². The molecule has 1 fully saturated rings.